The number of benzene rings is 1. The van der Waals surface area contributed by atoms with Gasteiger partial charge < -0.3 is 10.0 Å². The molecule has 2 aromatic rings. The molecule has 1 heterocycles. The lowest BCUT2D eigenvalue weighted by molar-refractivity contribution is 0.324. The highest BCUT2D eigenvalue weighted by molar-refractivity contribution is 8.01. The molecule has 0 saturated heterocycles. The van der Waals surface area contributed by atoms with Crippen LogP contribution in [0.5, 0.6) is 5.75 Å². The van der Waals surface area contributed by atoms with Gasteiger partial charge in [0.15, 0.2) is 4.34 Å². The van der Waals surface area contributed by atoms with Crippen molar-refractivity contribution in [1.29, 1.82) is 0 Å². The molecular weight excluding hydrogens is 386 g/mol. The number of phenolic OH excluding ortho intramolecular Hbond substituents is 1. The Morgan fingerprint density at radius 1 is 0.964 bits per heavy atom. The van der Waals surface area contributed by atoms with Crippen LogP contribution < -0.4 is 0 Å². The van der Waals surface area contributed by atoms with Gasteiger partial charge in [-0.2, -0.15) is 0 Å². The van der Waals surface area contributed by atoms with E-state index in [1.54, 1.807) is 23.1 Å². The van der Waals surface area contributed by atoms with Gasteiger partial charge in [0.2, 0.25) is 0 Å². The molecule has 0 saturated carbocycles. The molecule has 0 bridgehead atoms. The third-order valence-electron chi connectivity index (χ3n) is 4.89. The zero-order valence-electron chi connectivity index (χ0n) is 18.6. The second-order valence-corrected chi connectivity index (χ2v) is 11.5. The van der Waals surface area contributed by atoms with Crippen LogP contribution in [-0.2, 0) is 10.8 Å². The topological polar surface area (TPSA) is 49.2 Å². The van der Waals surface area contributed by atoms with Crippen molar-refractivity contribution >= 4 is 23.1 Å². The fourth-order valence-electron chi connectivity index (χ4n) is 3.21. The van der Waals surface area contributed by atoms with Gasteiger partial charge in [0.05, 0.1) is 0 Å². The maximum atomic E-state index is 10.4. The second-order valence-electron chi connectivity index (χ2n) is 9.16. The summed E-state index contributed by atoms with van der Waals surface area (Å²) in [6.07, 6.45) is 0. The van der Waals surface area contributed by atoms with Crippen LogP contribution in [-0.4, -0.2) is 45.6 Å². The van der Waals surface area contributed by atoms with Crippen LogP contribution in [0.25, 0.3) is 10.6 Å². The maximum absolute atomic E-state index is 10.4. The van der Waals surface area contributed by atoms with E-state index >= 15 is 0 Å². The number of hydrogen-bond acceptors (Lipinski definition) is 6. The normalized spacial score (nSPS) is 12.8. The fraction of sp³-hybridized carbons (Fsp3) is 0.636. The predicted molar refractivity (Wildman–Crippen MR) is 123 cm³/mol. The molecule has 1 aromatic carbocycles. The summed E-state index contributed by atoms with van der Waals surface area (Å²) in [5.74, 6) is 1.33. The van der Waals surface area contributed by atoms with Crippen LogP contribution in [0.2, 0.25) is 0 Å². The minimum atomic E-state index is -0.101. The van der Waals surface area contributed by atoms with Gasteiger partial charge in [-0.1, -0.05) is 78.5 Å². The first kappa shape index (κ1) is 23.2. The molecule has 28 heavy (non-hydrogen) atoms. The Bertz CT molecular complexity index is 749. The van der Waals surface area contributed by atoms with E-state index in [1.165, 1.54) is 0 Å². The summed E-state index contributed by atoms with van der Waals surface area (Å²) in [6, 6.07) is 3.78. The molecular formula is C22H35N3OS2. The smallest absolute Gasteiger partial charge is 0.174 e. The summed E-state index contributed by atoms with van der Waals surface area (Å²) in [5.41, 5.74) is 3.17. The van der Waals surface area contributed by atoms with E-state index in [2.05, 4.69) is 70.5 Å². The number of nitrogens with zero attached hydrogens (tertiary/aromatic N) is 3. The average Bonchev–Trinajstić information content (AvgIpc) is 3.05. The van der Waals surface area contributed by atoms with Crippen molar-refractivity contribution in [3.8, 4) is 16.3 Å². The van der Waals surface area contributed by atoms with Crippen LogP contribution in [0, 0.1) is 0 Å². The number of aromatic nitrogens is 2. The molecule has 0 unspecified atom stereocenters. The van der Waals surface area contributed by atoms with Gasteiger partial charge in [-0.25, -0.2) is 0 Å². The largest absolute Gasteiger partial charge is 0.508 e. The van der Waals surface area contributed by atoms with Crippen LogP contribution in [0.1, 0.15) is 66.5 Å². The molecule has 6 heteroatoms. The molecule has 0 radical (unpaired) electrons. The Balaban J connectivity index is 2.41. The molecule has 0 atom stereocenters. The Labute approximate surface area is 178 Å². The van der Waals surface area contributed by atoms with E-state index in [0.29, 0.717) is 5.75 Å². The van der Waals surface area contributed by atoms with Crippen LogP contribution in [0.15, 0.2) is 16.5 Å². The molecule has 0 aliphatic carbocycles. The third-order valence-corrected chi connectivity index (χ3v) is 6.94. The lowest BCUT2D eigenvalue weighted by atomic mass is 9.76. The van der Waals surface area contributed by atoms with E-state index in [9.17, 15) is 5.11 Å². The summed E-state index contributed by atoms with van der Waals surface area (Å²) < 4.78 is 1.01. The minimum Gasteiger partial charge on any atom is -0.508 e. The Hall–Kier alpha value is -1.11. The summed E-state index contributed by atoms with van der Waals surface area (Å²) in [7, 11) is 0. The molecule has 1 N–H and O–H groups in total. The summed E-state index contributed by atoms with van der Waals surface area (Å²) >= 11 is 3.44. The summed E-state index contributed by atoms with van der Waals surface area (Å²) in [4.78, 5) is 2.42. The SMILES string of the molecule is CCN(CC)CCSc1nnc(-c2c(C(C)(C)C)cc(O)cc2C(C)(C)C)s1. The van der Waals surface area contributed by atoms with Crippen molar-refractivity contribution < 1.29 is 5.11 Å². The molecule has 0 amide bonds. The maximum Gasteiger partial charge on any atom is 0.174 e. The average molecular weight is 422 g/mol. The first-order valence-corrected chi connectivity index (χ1v) is 11.8. The molecule has 1 aromatic heterocycles. The summed E-state index contributed by atoms with van der Waals surface area (Å²) in [5, 5.41) is 20.3. The van der Waals surface area contributed by atoms with Crippen molar-refractivity contribution in [1.82, 2.24) is 15.1 Å². The number of rotatable bonds is 7. The minimum absolute atomic E-state index is 0.101. The summed E-state index contributed by atoms with van der Waals surface area (Å²) in [6.45, 7) is 20.7. The van der Waals surface area contributed by atoms with Gasteiger partial charge in [0.25, 0.3) is 0 Å². The predicted octanol–water partition coefficient (Wildman–Crippen LogP) is 5.94. The van der Waals surface area contributed by atoms with Gasteiger partial charge in [-0.3, -0.25) is 0 Å². The molecule has 4 nitrogen and oxygen atoms in total. The molecule has 0 fully saturated rings. The van der Waals surface area contributed by atoms with Crippen LogP contribution in [0.4, 0.5) is 0 Å². The number of aromatic hydroxyl groups is 1. The van der Waals surface area contributed by atoms with E-state index in [1.807, 2.05) is 12.1 Å². The number of hydrogen-bond donors (Lipinski definition) is 1. The zero-order valence-corrected chi connectivity index (χ0v) is 20.2. The van der Waals surface area contributed by atoms with E-state index < -0.39 is 0 Å². The molecule has 156 valence electrons. The van der Waals surface area contributed by atoms with Gasteiger partial charge in [0, 0.05) is 17.9 Å². The lowest BCUT2D eigenvalue weighted by Gasteiger charge is -2.29. The Kier molecular flexibility index (Phi) is 7.56. The van der Waals surface area contributed by atoms with Crippen molar-refractivity contribution in [3.63, 3.8) is 0 Å². The highest BCUT2D eigenvalue weighted by Gasteiger charge is 2.29. The number of phenols is 1. The standard InChI is InChI=1S/C22H35N3OS2/c1-9-25(10-2)11-12-27-20-24-23-19(28-20)18-16(21(3,4)5)13-15(26)14-17(18)22(6,7)8/h13-14,26H,9-12H2,1-8H3. The molecule has 2 rings (SSSR count). The molecule has 0 spiro atoms. The quantitative estimate of drug-likeness (QED) is 0.561. The van der Waals surface area contributed by atoms with Gasteiger partial charge >= 0.3 is 0 Å². The monoisotopic (exact) mass is 421 g/mol. The van der Waals surface area contributed by atoms with Crippen LogP contribution in [0.3, 0.4) is 0 Å². The van der Waals surface area contributed by atoms with E-state index in [0.717, 1.165) is 51.4 Å². The van der Waals surface area contributed by atoms with Gasteiger partial charge in [-0.05, 0) is 47.2 Å². The highest BCUT2D eigenvalue weighted by Crippen LogP contribution is 2.44. The molecule has 0 aliphatic heterocycles. The van der Waals surface area contributed by atoms with E-state index in [-0.39, 0.29) is 10.8 Å². The lowest BCUT2D eigenvalue weighted by Crippen LogP contribution is -2.25. The molecule has 0 aliphatic rings. The first-order chi connectivity index (χ1) is 13.0. The van der Waals surface area contributed by atoms with E-state index in [4.69, 9.17) is 0 Å². The zero-order chi connectivity index (χ0) is 21.1. The Morgan fingerprint density at radius 2 is 1.50 bits per heavy atom. The van der Waals surface area contributed by atoms with Crippen molar-refractivity contribution in [3.05, 3.63) is 23.3 Å². The third kappa shape index (κ3) is 5.71. The second kappa shape index (κ2) is 9.14. The van der Waals surface area contributed by atoms with Gasteiger partial charge in [0.1, 0.15) is 10.8 Å². The van der Waals surface area contributed by atoms with Crippen molar-refractivity contribution in [2.45, 2.75) is 70.6 Å². The van der Waals surface area contributed by atoms with Crippen LogP contribution >= 0.6 is 23.1 Å². The first-order valence-electron chi connectivity index (χ1n) is 10.0. The Morgan fingerprint density at radius 3 is 1.96 bits per heavy atom. The van der Waals surface area contributed by atoms with Crippen molar-refractivity contribution in [2.24, 2.45) is 0 Å². The highest BCUT2D eigenvalue weighted by atomic mass is 32.2. The number of thioether (sulfide) groups is 1. The van der Waals surface area contributed by atoms with Gasteiger partial charge in [-0.15, -0.1) is 10.2 Å². The van der Waals surface area contributed by atoms with Crippen molar-refractivity contribution in [2.75, 3.05) is 25.4 Å². The fourth-order valence-corrected chi connectivity index (χ4v) is 5.21.